The molecule has 1 aromatic heterocycles. The van der Waals surface area contributed by atoms with Crippen molar-refractivity contribution < 1.29 is 8.42 Å². The van der Waals surface area contributed by atoms with Crippen LogP contribution < -0.4 is 5.32 Å². The predicted octanol–water partition coefficient (Wildman–Crippen LogP) is 1.72. The molecule has 1 aromatic rings. The predicted molar refractivity (Wildman–Crippen MR) is 82.4 cm³/mol. The molecule has 1 aliphatic heterocycles. The summed E-state index contributed by atoms with van der Waals surface area (Å²) in [5, 5.41) is 9.78. The number of H-pyrrole nitrogens is 1. The molecule has 0 bridgehead atoms. The number of aromatic amines is 1. The molecule has 1 atom stereocenters. The Morgan fingerprint density at radius 2 is 2.24 bits per heavy atom. The van der Waals surface area contributed by atoms with Crippen LogP contribution in [0, 0.1) is 5.92 Å². The van der Waals surface area contributed by atoms with Crippen LogP contribution in [0.2, 0.25) is 0 Å². The Kier molecular flexibility index (Phi) is 5.78. The third-order valence-corrected chi connectivity index (χ3v) is 6.06. The molecule has 1 fully saturated rings. The summed E-state index contributed by atoms with van der Waals surface area (Å²) >= 11 is 0. The highest BCUT2D eigenvalue weighted by atomic mass is 32.2. The highest BCUT2D eigenvalue weighted by molar-refractivity contribution is 7.89. The number of sulfonamides is 1. The molecule has 1 unspecified atom stereocenters. The first-order valence-corrected chi connectivity index (χ1v) is 9.20. The van der Waals surface area contributed by atoms with Crippen LogP contribution in [0.3, 0.4) is 0 Å². The van der Waals surface area contributed by atoms with E-state index in [1.54, 1.807) is 17.5 Å². The Bertz CT molecular complexity index is 541. The second kappa shape index (κ2) is 7.38. The maximum atomic E-state index is 12.8. The van der Waals surface area contributed by atoms with Crippen molar-refractivity contribution in [2.75, 3.05) is 20.1 Å². The van der Waals surface area contributed by atoms with E-state index in [0.717, 1.165) is 19.3 Å². The van der Waals surface area contributed by atoms with Gasteiger partial charge in [-0.25, -0.2) is 8.42 Å². The molecular weight excluding hydrogens is 288 g/mol. The smallest absolute Gasteiger partial charge is 0.260 e. The van der Waals surface area contributed by atoms with Gasteiger partial charge in [-0.05, 0) is 32.2 Å². The van der Waals surface area contributed by atoms with E-state index in [1.807, 2.05) is 0 Å². The van der Waals surface area contributed by atoms with Crippen LogP contribution >= 0.6 is 0 Å². The van der Waals surface area contributed by atoms with Gasteiger partial charge in [0.15, 0.2) is 5.03 Å². The van der Waals surface area contributed by atoms with Crippen LogP contribution in [0.25, 0.3) is 0 Å². The number of hydrogen-bond acceptors (Lipinski definition) is 4. The fourth-order valence-corrected chi connectivity index (χ4v) is 4.64. The molecule has 2 N–H and O–H groups in total. The van der Waals surface area contributed by atoms with E-state index in [1.165, 1.54) is 12.8 Å². The van der Waals surface area contributed by atoms with Crippen molar-refractivity contribution in [3.05, 3.63) is 11.8 Å². The van der Waals surface area contributed by atoms with E-state index < -0.39 is 10.0 Å². The Morgan fingerprint density at radius 1 is 1.43 bits per heavy atom. The van der Waals surface area contributed by atoms with Crippen molar-refractivity contribution in [1.82, 2.24) is 19.8 Å². The number of hydrogen-bond donors (Lipinski definition) is 2. The third-order valence-electron chi connectivity index (χ3n) is 4.15. The van der Waals surface area contributed by atoms with Crippen molar-refractivity contribution in [2.45, 2.75) is 50.6 Å². The highest BCUT2D eigenvalue weighted by Crippen LogP contribution is 2.26. The van der Waals surface area contributed by atoms with Gasteiger partial charge in [0, 0.05) is 25.2 Å². The van der Waals surface area contributed by atoms with Gasteiger partial charge in [0.25, 0.3) is 10.0 Å². The molecular formula is C14H26N4O2S. The topological polar surface area (TPSA) is 78.1 Å². The highest BCUT2D eigenvalue weighted by Gasteiger charge is 2.30. The van der Waals surface area contributed by atoms with Crippen LogP contribution in [-0.2, 0) is 16.6 Å². The van der Waals surface area contributed by atoms with E-state index in [-0.39, 0.29) is 5.03 Å². The molecule has 21 heavy (non-hydrogen) atoms. The summed E-state index contributed by atoms with van der Waals surface area (Å²) < 4.78 is 27.2. The first kappa shape index (κ1) is 16.5. The van der Waals surface area contributed by atoms with Crippen LogP contribution in [0.5, 0.6) is 0 Å². The Labute approximate surface area is 127 Å². The first-order chi connectivity index (χ1) is 10.1. The molecule has 0 saturated carbocycles. The van der Waals surface area contributed by atoms with E-state index in [2.05, 4.69) is 22.4 Å². The molecule has 2 rings (SSSR count). The molecule has 0 spiro atoms. The van der Waals surface area contributed by atoms with Gasteiger partial charge in [-0.1, -0.05) is 19.8 Å². The van der Waals surface area contributed by atoms with E-state index >= 15 is 0 Å². The lowest BCUT2D eigenvalue weighted by molar-refractivity contribution is 0.398. The molecule has 120 valence electrons. The summed E-state index contributed by atoms with van der Waals surface area (Å²) in [5.74, 6) is 0.661. The molecule has 1 aliphatic rings. The minimum absolute atomic E-state index is 0.241. The second-order valence-electron chi connectivity index (χ2n) is 5.74. The van der Waals surface area contributed by atoms with E-state index in [4.69, 9.17) is 0 Å². The van der Waals surface area contributed by atoms with Gasteiger partial charge >= 0.3 is 0 Å². The van der Waals surface area contributed by atoms with Gasteiger partial charge in [-0.3, -0.25) is 5.10 Å². The fourth-order valence-electron chi connectivity index (χ4n) is 3.04. The van der Waals surface area contributed by atoms with Gasteiger partial charge in [-0.15, -0.1) is 0 Å². The lowest BCUT2D eigenvalue weighted by Gasteiger charge is -2.20. The standard InChI is InChI=1S/C14H26N4O2S/c1-3-5-12-6-4-8-18(9-7-12)21(19,20)14-13(10-15-2)11-16-17-14/h11-12,15H,3-10H2,1-2H3,(H,16,17). The van der Waals surface area contributed by atoms with Crippen LogP contribution in [0.1, 0.15) is 44.6 Å². The monoisotopic (exact) mass is 314 g/mol. The van der Waals surface area contributed by atoms with Crippen LogP contribution in [0.4, 0.5) is 0 Å². The van der Waals surface area contributed by atoms with Crippen molar-refractivity contribution in [3.8, 4) is 0 Å². The molecule has 0 radical (unpaired) electrons. The molecule has 0 amide bonds. The first-order valence-electron chi connectivity index (χ1n) is 7.76. The molecule has 7 heteroatoms. The SMILES string of the molecule is CCCC1CCCN(S(=O)(=O)c2[nH]ncc2CNC)CC1. The average molecular weight is 314 g/mol. The largest absolute Gasteiger partial charge is 0.316 e. The summed E-state index contributed by atoms with van der Waals surface area (Å²) in [4.78, 5) is 0. The van der Waals surface area contributed by atoms with Gasteiger partial charge in [0.05, 0.1) is 6.20 Å². The van der Waals surface area contributed by atoms with Crippen molar-refractivity contribution in [3.63, 3.8) is 0 Å². The molecule has 0 aliphatic carbocycles. The van der Waals surface area contributed by atoms with Crippen molar-refractivity contribution in [2.24, 2.45) is 5.92 Å². The zero-order chi connectivity index (χ0) is 15.3. The Balaban J connectivity index is 2.13. The fraction of sp³-hybridized carbons (Fsp3) is 0.786. The normalized spacial score (nSPS) is 21.3. The third kappa shape index (κ3) is 3.84. The summed E-state index contributed by atoms with van der Waals surface area (Å²) in [6.45, 7) is 3.91. The molecule has 1 saturated heterocycles. The Morgan fingerprint density at radius 3 is 2.95 bits per heavy atom. The van der Waals surface area contributed by atoms with Gasteiger partial charge < -0.3 is 5.32 Å². The number of aromatic nitrogens is 2. The van der Waals surface area contributed by atoms with E-state index in [9.17, 15) is 8.42 Å². The minimum atomic E-state index is -3.46. The molecule has 2 heterocycles. The zero-order valence-electron chi connectivity index (χ0n) is 12.9. The number of rotatable bonds is 6. The molecule has 6 nitrogen and oxygen atoms in total. The summed E-state index contributed by atoms with van der Waals surface area (Å²) in [6, 6.07) is 0. The second-order valence-corrected chi connectivity index (χ2v) is 7.62. The maximum absolute atomic E-state index is 12.8. The number of nitrogens with one attached hydrogen (secondary N) is 2. The lowest BCUT2D eigenvalue weighted by Crippen LogP contribution is -2.33. The van der Waals surface area contributed by atoms with Gasteiger partial charge in [0.1, 0.15) is 0 Å². The summed E-state index contributed by atoms with van der Waals surface area (Å²) in [5.41, 5.74) is 0.701. The van der Waals surface area contributed by atoms with Gasteiger partial charge in [0.2, 0.25) is 0 Å². The summed E-state index contributed by atoms with van der Waals surface area (Å²) in [7, 11) is -1.66. The quantitative estimate of drug-likeness (QED) is 0.838. The Hall–Kier alpha value is -0.920. The van der Waals surface area contributed by atoms with Gasteiger partial charge in [-0.2, -0.15) is 9.40 Å². The maximum Gasteiger partial charge on any atom is 0.260 e. The number of nitrogens with zero attached hydrogens (tertiary/aromatic N) is 2. The summed E-state index contributed by atoms with van der Waals surface area (Å²) in [6.07, 6.45) is 6.99. The van der Waals surface area contributed by atoms with Crippen molar-refractivity contribution in [1.29, 1.82) is 0 Å². The van der Waals surface area contributed by atoms with E-state index in [0.29, 0.717) is 31.1 Å². The lowest BCUT2D eigenvalue weighted by atomic mass is 9.96. The zero-order valence-corrected chi connectivity index (χ0v) is 13.7. The van der Waals surface area contributed by atoms with Crippen molar-refractivity contribution >= 4 is 10.0 Å². The molecule has 0 aromatic carbocycles. The average Bonchev–Trinajstić information content (AvgIpc) is 2.78. The van der Waals surface area contributed by atoms with Crippen LogP contribution in [-0.4, -0.2) is 43.1 Å². The minimum Gasteiger partial charge on any atom is -0.316 e. The van der Waals surface area contributed by atoms with Crippen LogP contribution in [0.15, 0.2) is 11.2 Å².